The number of nitrogens with one attached hydrogen (secondary N) is 2. The van der Waals surface area contributed by atoms with E-state index < -0.39 is 0 Å². The van der Waals surface area contributed by atoms with Crippen molar-refractivity contribution in [1.82, 2.24) is 15.5 Å². The number of rotatable bonds is 6. The number of carbonyl (C=O) groups excluding carboxylic acids is 2. The Morgan fingerprint density at radius 3 is 2.69 bits per heavy atom. The van der Waals surface area contributed by atoms with Crippen molar-refractivity contribution >= 4 is 11.9 Å². The summed E-state index contributed by atoms with van der Waals surface area (Å²) in [6.45, 7) is 3.41. The maximum Gasteiger partial charge on any atom is 0.317 e. The lowest BCUT2D eigenvalue weighted by molar-refractivity contribution is 0.0940. The standard InChI is InChI=1S/C20H22FN3O2/c1-14-5-7-16(8-6-14)19(25)23-13-18(24-10-9-22-20(24)26)12-15-3-2-4-17(21)11-15/h2-8,11,18H,9-10,12-13H2,1H3,(H,22,26)(H,23,25). The van der Waals surface area contributed by atoms with Crippen molar-refractivity contribution in [2.75, 3.05) is 19.6 Å². The highest BCUT2D eigenvalue weighted by Crippen LogP contribution is 2.13. The fourth-order valence-electron chi connectivity index (χ4n) is 3.08. The number of urea groups is 1. The smallest absolute Gasteiger partial charge is 0.317 e. The van der Waals surface area contributed by atoms with Crippen molar-refractivity contribution in [3.8, 4) is 0 Å². The lowest BCUT2D eigenvalue weighted by Crippen LogP contribution is -2.46. The highest BCUT2D eigenvalue weighted by Gasteiger charge is 2.28. The summed E-state index contributed by atoms with van der Waals surface area (Å²) in [6.07, 6.45) is 0.472. The molecule has 0 radical (unpaired) electrons. The van der Waals surface area contributed by atoms with E-state index in [1.165, 1.54) is 12.1 Å². The Kier molecular flexibility index (Phi) is 5.51. The first kappa shape index (κ1) is 17.9. The van der Waals surface area contributed by atoms with E-state index in [2.05, 4.69) is 10.6 Å². The first-order valence-corrected chi connectivity index (χ1v) is 8.67. The van der Waals surface area contributed by atoms with Crippen molar-refractivity contribution in [3.05, 3.63) is 71.0 Å². The van der Waals surface area contributed by atoms with Gasteiger partial charge in [-0.05, 0) is 43.2 Å². The number of aryl methyl sites for hydroxylation is 1. The topological polar surface area (TPSA) is 61.4 Å². The van der Waals surface area contributed by atoms with Crippen LogP contribution in [0, 0.1) is 12.7 Å². The molecule has 1 atom stereocenters. The number of amides is 3. The molecule has 2 N–H and O–H groups in total. The molecule has 136 valence electrons. The number of carbonyl (C=O) groups is 2. The Balaban J connectivity index is 1.70. The third-order valence-corrected chi connectivity index (χ3v) is 4.50. The Bertz CT molecular complexity index is 792. The zero-order chi connectivity index (χ0) is 18.5. The molecule has 1 heterocycles. The van der Waals surface area contributed by atoms with Crippen LogP contribution < -0.4 is 10.6 Å². The average molecular weight is 355 g/mol. The van der Waals surface area contributed by atoms with Crippen LogP contribution >= 0.6 is 0 Å². The number of hydrogen-bond donors (Lipinski definition) is 2. The first-order chi connectivity index (χ1) is 12.5. The predicted octanol–water partition coefficient (Wildman–Crippen LogP) is 2.50. The molecule has 0 bridgehead atoms. The Labute approximate surface area is 152 Å². The maximum atomic E-state index is 13.5. The van der Waals surface area contributed by atoms with Crippen LogP contribution in [-0.4, -0.2) is 42.5 Å². The Morgan fingerprint density at radius 1 is 1.27 bits per heavy atom. The van der Waals surface area contributed by atoms with E-state index in [0.29, 0.717) is 31.6 Å². The van der Waals surface area contributed by atoms with Crippen LogP contribution in [0.4, 0.5) is 9.18 Å². The highest BCUT2D eigenvalue weighted by atomic mass is 19.1. The van der Waals surface area contributed by atoms with E-state index in [0.717, 1.165) is 11.1 Å². The van der Waals surface area contributed by atoms with Gasteiger partial charge in [0.05, 0.1) is 6.04 Å². The minimum absolute atomic E-state index is 0.156. The molecule has 6 heteroatoms. The van der Waals surface area contributed by atoms with Gasteiger partial charge >= 0.3 is 6.03 Å². The summed E-state index contributed by atoms with van der Waals surface area (Å²) in [5.74, 6) is -0.496. The van der Waals surface area contributed by atoms with Crippen molar-refractivity contribution in [3.63, 3.8) is 0 Å². The van der Waals surface area contributed by atoms with Crippen molar-refractivity contribution < 1.29 is 14.0 Å². The number of benzene rings is 2. The summed E-state index contributed by atoms with van der Waals surface area (Å²) in [5.41, 5.74) is 2.45. The molecular formula is C20H22FN3O2. The molecule has 0 aromatic heterocycles. The van der Waals surface area contributed by atoms with Crippen molar-refractivity contribution in [2.24, 2.45) is 0 Å². The molecule has 3 amide bonds. The van der Waals surface area contributed by atoms with Gasteiger partial charge in [-0.3, -0.25) is 4.79 Å². The summed E-state index contributed by atoms with van der Waals surface area (Å²) in [6, 6.07) is 13.2. The molecule has 1 aliphatic rings. The van der Waals surface area contributed by atoms with Crippen LogP contribution in [0.15, 0.2) is 48.5 Å². The lowest BCUT2D eigenvalue weighted by Gasteiger charge is -2.27. The molecular weight excluding hydrogens is 333 g/mol. The summed E-state index contributed by atoms with van der Waals surface area (Å²) in [5, 5.41) is 5.67. The van der Waals surface area contributed by atoms with E-state index in [9.17, 15) is 14.0 Å². The minimum Gasteiger partial charge on any atom is -0.350 e. The fourth-order valence-corrected chi connectivity index (χ4v) is 3.08. The van der Waals surface area contributed by atoms with Crippen LogP contribution in [0.2, 0.25) is 0 Å². The van der Waals surface area contributed by atoms with Gasteiger partial charge in [0.15, 0.2) is 0 Å². The molecule has 0 aliphatic carbocycles. The van der Waals surface area contributed by atoms with Gasteiger partial charge in [0.1, 0.15) is 5.82 Å². The molecule has 2 aromatic rings. The summed E-state index contributed by atoms with van der Waals surface area (Å²) in [4.78, 5) is 26.1. The summed E-state index contributed by atoms with van der Waals surface area (Å²) < 4.78 is 13.5. The van der Waals surface area contributed by atoms with Crippen LogP contribution in [0.25, 0.3) is 0 Å². The van der Waals surface area contributed by atoms with Gasteiger partial charge in [-0.15, -0.1) is 0 Å². The Hall–Kier alpha value is -2.89. The predicted molar refractivity (Wildman–Crippen MR) is 97.5 cm³/mol. The molecule has 1 unspecified atom stereocenters. The van der Waals surface area contributed by atoms with Gasteiger partial charge in [-0.2, -0.15) is 0 Å². The van der Waals surface area contributed by atoms with Gasteiger partial charge in [-0.1, -0.05) is 29.8 Å². The number of nitrogens with zero attached hydrogens (tertiary/aromatic N) is 1. The third kappa shape index (κ3) is 4.39. The second-order valence-electron chi connectivity index (χ2n) is 6.49. The molecule has 0 spiro atoms. The van der Waals surface area contributed by atoms with Gasteiger partial charge in [0.2, 0.25) is 0 Å². The highest BCUT2D eigenvalue weighted by molar-refractivity contribution is 5.94. The monoisotopic (exact) mass is 355 g/mol. The van der Waals surface area contributed by atoms with E-state index in [4.69, 9.17) is 0 Å². The zero-order valence-corrected chi connectivity index (χ0v) is 14.7. The van der Waals surface area contributed by atoms with Crippen LogP contribution in [0.5, 0.6) is 0 Å². The summed E-state index contributed by atoms with van der Waals surface area (Å²) >= 11 is 0. The number of halogens is 1. The van der Waals surface area contributed by atoms with Crippen molar-refractivity contribution in [2.45, 2.75) is 19.4 Å². The molecule has 26 heavy (non-hydrogen) atoms. The van der Waals surface area contributed by atoms with E-state index >= 15 is 0 Å². The van der Waals surface area contributed by atoms with Gasteiger partial charge in [0, 0.05) is 25.2 Å². The van der Waals surface area contributed by atoms with E-state index in [1.54, 1.807) is 23.1 Å². The molecule has 1 saturated heterocycles. The van der Waals surface area contributed by atoms with Gasteiger partial charge < -0.3 is 15.5 Å². The SMILES string of the molecule is Cc1ccc(C(=O)NCC(Cc2cccc(F)c2)N2CCNC2=O)cc1. The van der Waals surface area contributed by atoms with Crippen LogP contribution in [-0.2, 0) is 6.42 Å². The largest absolute Gasteiger partial charge is 0.350 e. The molecule has 0 saturated carbocycles. The van der Waals surface area contributed by atoms with Gasteiger partial charge in [0.25, 0.3) is 5.91 Å². The second kappa shape index (κ2) is 7.99. The third-order valence-electron chi connectivity index (χ3n) is 4.50. The number of hydrogen-bond acceptors (Lipinski definition) is 2. The minimum atomic E-state index is -0.309. The molecule has 3 rings (SSSR count). The molecule has 1 aliphatic heterocycles. The quantitative estimate of drug-likeness (QED) is 0.836. The zero-order valence-electron chi connectivity index (χ0n) is 14.7. The van der Waals surface area contributed by atoms with Crippen LogP contribution in [0.3, 0.4) is 0 Å². The Morgan fingerprint density at radius 2 is 2.04 bits per heavy atom. The van der Waals surface area contributed by atoms with E-state index in [-0.39, 0.29) is 23.8 Å². The second-order valence-corrected chi connectivity index (χ2v) is 6.49. The van der Waals surface area contributed by atoms with E-state index in [1.807, 2.05) is 25.1 Å². The normalized spacial score (nSPS) is 14.8. The fraction of sp³-hybridized carbons (Fsp3) is 0.300. The average Bonchev–Trinajstić information content (AvgIpc) is 3.05. The molecule has 1 fully saturated rings. The maximum absolute atomic E-state index is 13.5. The first-order valence-electron chi connectivity index (χ1n) is 8.67. The van der Waals surface area contributed by atoms with Crippen molar-refractivity contribution in [1.29, 1.82) is 0 Å². The van der Waals surface area contributed by atoms with Crippen LogP contribution in [0.1, 0.15) is 21.5 Å². The summed E-state index contributed by atoms with van der Waals surface area (Å²) in [7, 11) is 0. The molecule has 5 nitrogen and oxygen atoms in total. The van der Waals surface area contributed by atoms with Gasteiger partial charge in [-0.25, -0.2) is 9.18 Å². The lowest BCUT2D eigenvalue weighted by atomic mass is 10.0. The molecule has 2 aromatic carbocycles.